The predicted molar refractivity (Wildman–Crippen MR) is 68.9 cm³/mol. The Morgan fingerprint density at radius 3 is 2.65 bits per heavy atom. The van der Waals surface area contributed by atoms with Crippen LogP contribution in [0.25, 0.3) is 0 Å². The van der Waals surface area contributed by atoms with E-state index in [-0.39, 0.29) is 11.3 Å². The largest absolute Gasteiger partial charge is 0.503 e. The topological polar surface area (TPSA) is 101 Å². The molecule has 0 radical (unpaired) electrons. The van der Waals surface area contributed by atoms with Gasteiger partial charge in [-0.15, -0.1) is 0 Å². The van der Waals surface area contributed by atoms with Crippen molar-refractivity contribution in [2.45, 2.75) is 13.0 Å². The molecule has 1 aliphatic rings. The Morgan fingerprint density at radius 1 is 1.45 bits per heavy atom. The van der Waals surface area contributed by atoms with Gasteiger partial charge in [0.2, 0.25) is 0 Å². The molecule has 1 amide bonds. The third-order valence-electron chi connectivity index (χ3n) is 3.21. The van der Waals surface area contributed by atoms with E-state index in [0.717, 1.165) is 0 Å². The molecular formula is C13H12N2O5. The lowest BCUT2D eigenvalue weighted by Gasteiger charge is -2.21. The van der Waals surface area contributed by atoms with Crippen molar-refractivity contribution in [2.75, 3.05) is 7.05 Å². The minimum atomic E-state index is -0.806. The number of nitro benzene ring substituents is 1. The lowest BCUT2D eigenvalue weighted by atomic mass is 9.97. The predicted octanol–water partition coefficient (Wildman–Crippen LogP) is 1.51. The first-order valence-corrected chi connectivity index (χ1v) is 5.80. The van der Waals surface area contributed by atoms with Crippen LogP contribution in [-0.4, -0.2) is 33.7 Å². The summed E-state index contributed by atoms with van der Waals surface area (Å²) in [5.41, 5.74) is 0.222. The summed E-state index contributed by atoms with van der Waals surface area (Å²) in [5.74, 6) is -1.72. The number of carbonyl (C=O) groups excluding carboxylic acids is 2. The zero-order chi connectivity index (χ0) is 15.0. The fourth-order valence-electron chi connectivity index (χ4n) is 2.28. The maximum absolute atomic E-state index is 11.8. The molecule has 0 unspecified atom stereocenters. The second-order valence-electron chi connectivity index (χ2n) is 4.49. The highest BCUT2D eigenvalue weighted by Gasteiger charge is 2.40. The van der Waals surface area contributed by atoms with Crippen LogP contribution in [0.1, 0.15) is 18.5 Å². The van der Waals surface area contributed by atoms with Gasteiger partial charge in [0.25, 0.3) is 11.6 Å². The summed E-state index contributed by atoms with van der Waals surface area (Å²) < 4.78 is 0. The van der Waals surface area contributed by atoms with Gasteiger partial charge in [-0.3, -0.25) is 19.7 Å². The molecule has 1 heterocycles. The lowest BCUT2D eigenvalue weighted by molar-refractivity contribution is -0.384. The first-order chi connectivity index (χ1) is 9.34. The average Bonchev–Trinajstić information content (AvgIpc) is 2.63. The van der Waals surface area contributed by atoms with Crippen LogP contribution in [0.3, 0.4) is 0 Å². The van der Waals surface area contributed by atoms with Crippen molar-refractivity contribution < 1.29 is 19.6 Å². The molecule has 1 aromatic rings. The number of Topliss-reactive ketones (excluding diaryl/α,β-unsaturated/α-hetero) is 1. The van der Waals surface area contributed by atoms with Crippen molar-refractivity contribution >= 4 is 17.4 Å². The number of nitrogens with zero attached hydrogens (tertiary/aromatic N) is 2. The van der Waals surface area contributed by atoms with Crippen LogP contribution >= 0.6 is 0 Å². The van der Waals surface area contributed by atoms with Gasteiger partial charge in [-0.05, 0) is 12.5 Å². The normalized spacial score (nSPS) is 18.6. The fraction of sp³-hybridized carbons (Fsp3) is 0.231. The fourth-order valence-corrected chi connectivity index (χ4v) is 2.28. The number of hydrogen-bond donors (Lipinski definition) is 1. The highest BCUT2D eigenvalue weighted by Crippen LogP contribution is 2.37. The summed E-state index contributed by atoms with van der Waals surface area (Å²) in [7, 11) is 1.43. The number of amides is 1. The number of aliphatic hydroxyl groups excluding tert-OH is 1. The first-order valence-electron chi connectivity index (χ1n) is 5.80. The highest BCUT2D eigenvalue weighted by molar-refractivity contribution is 6.07. The molecule has 0 saturated heterocycles. The Kier molecular flexibility index (Phi) is 3.27. The van der Waals surface area contributed by atoms with Crippen LogP contribution in [0, 0.1) is 10.1 Å². The maximum atomic E-state index is 11.8. The Bertz CT molecular complexity index is 650. The summed E-state index contributed by atoms with van der Waals surface area (Å²) >= 11 is 0. The van der Waals surface area contributed by atoms with E-state index in [0.29, 0.717) is 5.56 Å². The third kappa shape index (κ3) is 2.03. The van der Waals surface area contributed by atoms with Gasteiger partial charge in [0.15, 0.2) is 11.5 Å². The monoisotopic (exact) mass is 276 g/mol. The molecule has 1 atom stereocenters. The van der Waals surface area contributed by atoms with Crippen molar-refractivity contribution in [3.8, 4) is 0 Å². The van der Waals surface area contributed by atoms with Crippen molar-refractivity contribution in [2.24, 2.45) is 0 Å². The standard InChI is InChI=1S/C13H12N2O5/c1-7(16)10-11(14(2)13(18)12(10)17)8-4-3-5-9(6-8)15(19)20/h3-6,11,17H,1-2H3/t11-/m0/s1. The molecule has 1 aliphatic heterocycles. The number of hydrogen-bond acceptors (Lipinski definition) is 5. The molecular weight excluding hydrogens is 264 g/mol. The number of rotatable bonds is 3. The molecule has 0 spiro atoms. The average molecular weight is 276 g/mol. The van der Waals surface area contributed by atoms with Gasteiger partial charge in [-0.1, -0.05) is 12.1 Å². The van der Waals surface area contributed by atoms with Crippen LogP contribution in [0.2, 0.25) is 0 Å². The van der Waals surface area contributed by atoms with Crippen LogP contribution in [-0.2, 0) is 9.59 Å². The van der Waals surface area contributed by atoms with Crippen LogP contribution in [0.15, 0.2) is 35.6 Å². The molecule has 1 N–H and O–H groups in total. The number of nitro groups is 1. The molecule has 20 heavy (non-hydrogen) atoms. The van der Waals surface area contributed by atoms with Crippen molar-refractivity contribution in [3.63, 3.8) is 0 Å². The molecule has 7 heteroatoms. The molecule has 104 valence electrons. The van der Waals surface area contributed by atoms with Crippen LogP contribution in [0.4, 0.5) is 5.69 Å². The summed E-state index contributed by atoms with van der Waals surface area (Å²) in [5, 5.41) is 20.5. The number of non-ortho nitro benzene ring substituents is 1. The number of likely N-dealkylation sites (N-methyl/N-ethyl adjacent to an activating group) is 1. The Morgan fingerprint density at radius 2 is 2.10 bits per heavy atom. The number of aliphatic hydroxyl groups is 1. The van der Waals surface area contributed by atoms with Gasteiger partial charge in [0, 0.05) is 19.2 Å². The Labute approximate surface area is 114 Å². The third-order valence-corrected chi connectivity index (χ3v) is 3.21. The highest BCUT2D eigenvalue weighted by atomic mass is 16.6. The maximum Gasteiger partial charge on any atom is 0.289 e. The SMILES string of the molecule is CC(=O)C1=C(O)C(=O)N(C)[C@H]1c1cccc([N+](=O)[O-])c1. The van der Waals surface area contributed by atoms with Gasteiger partial charge in [-0.25, -0.2) is 0 Å². The first kappa shape index (κ1) is 13.7. The van der Waals surface area contributed by atoms with E-state index in [1.165, 1.54) is 37.1 Å². The molecule has 1 aromatic carbocycles. The minimum Gasteiger partial charge on any atom is -0.503 e. The van der Waals surface area contributed by atoms with E-state index < -0.39 is 28.4 Å². The van der Waals surface area contributed by atoms with E-state index in [1.54, 1.807) is 6.07 Å². The minimum absolute atomic E-state index is 0.0435. The van der Waals surface area contributed by atoms with E-state index in [4.69, 9.17) is 0 Å². The van der Waals surface area contributed by atoms with Crippen molar-refractivity contribution in [1.29, 1.82) is 0 Å². The Hall–Kier alpha value is -2.70. The van der Waals surface area contributed by atoms with Gasteiger partial charge in [0.05, 0.1) is 16.5 Å². The Balaban J connectivity index is 2.56. The van der Waals surface area contributed by atoms with E-state index in [9.17, 15) is 24.8 Å². The van der Waals surface area contributed by atoms with Crippen LogP contribution in [0.5, 0.6) is 0 Å². The summed E-state index contributed by atoms with van der Waals surface area (Å²) in [6, 6.07) is 4.84. The van der Waals surface area contributed by atoms with Crippen molar-refractivity contribution in [1.82, 2.24) is 4.90 Å². The smallest absolute Gasteiger partial charge is 0.289 e. The number of benzene rings is 1. The lowest BCUT2D eigenvalue weighted by Crippen LogP contribution is -2.26. The molecule has 7 nitrogen and oxygen atoms in total. The van der Waals surface area contributed by atoms with E-state index in [1.807, 2.05) is 0 Å². The molecule has 0 aromatic heterocycles. The van der Waals surface area contributed by atoms with E-state index in [2.05, 4.69) is 0 Å². The molecule has 0 bridgehead atoms. The molecule has 0 saturated carbocycles. The van der Waals surface area contributed by atoms with Gasteiger partial charge in [0.1, 0.15) is 0 Å². The van der Waals surface area contributed by atoms with E-state index >= 15 is 0 Å². The zero-order valence-electron chi connectivity index (χ0n) is 10.9. The molecule has 2 rings (SSSR count). The summed E-state index contributed by atoms with van der Waals surface area (Å²) in [6.45, 7) is 1.24. The molecule has 0 aliphatic carbocycles. The quantitative estimate of drug-likeness (QED) is 0.666. The number of ketones is 1. The number of carbonyl (C=O) groups is 2. The zero-order valence-corrected chi connectivity index (χ0v) is 10.9. The van der Waals surface area contributed by atoms with Crippen LogP contribution < -0.4 is 0 Å². The molecule has 0 fully saturated rings. The van der Waals surface area contributed by atoms with Gasteiger partial charge >= 0.3 is 0 Å². The summed E-state index contributed by atoms with van der Waals surface area (Å²) in [4.78, 5) is 34.8. The van der Waals surface area contributed by atoms with Crippen molar-refractivity contribution in [3.05, 3.63) is 51.3 Å². The second-order valence-corrected chi connectivity index (χ2v) is 4.49. The second kappa shape index (κ2) is 4.76. The van der Waals surface area contributed by atoms with Gasteiger partial charge in [-0.2, -0.15) is 0 Å². The van der Waals surface area contributed by atoms with Gasteiger partial charge < -0.3 is 10.0 Å². The summed E-state index contributed by atoms with van der Waals surface area (Å²) in [6.07, 6.45) is 0.